The average molecular weight is 328 g/mol. The summed E-state index contributed by atoms with van der Waals surface area (Å²) >= 11 is 0. The van der Waals surface area contributed by atoms with E-state index in [2.05, 4.69) is 40.1 Å². The van der Waals surface area contributed by atoms with Crippen molar-refractivity contribution in [1.82, 2.24) is 9.80 Å². The minimum atomic E-state index is 0.193. The van der Waals surface area contributed by atoms with Crippen LogP contribution in [0, 0.1) is 11.8 Å². The number of amides is 1. The Hall–Kier alpha value is -1.39. The van der Waals surface area contributed by atoms with Gasteiger partial charge in [0.15, 0.2) is 0 Å². The molecule has 0 aromatic heterocycles. The Kier molecular flexibility index (Phi) is 4.86. The number of hydrogen-bond donors (Lipinski definition) is 0. The quantitative estimate of drug-likeness (QED) is 0.855. The number of benzene rings is 1. The van der Waals surface area contributed by atoms with Crippen LogP contribution in [-0.2, 0) is 16.1 Å². The van der Waals surface area contributed by atoms with E-state index in [9.17, 15) is 4.79 Å². The van der Waals surface area contributed by atoms with Crippen LogP contribution in [0.25, 0.3) is 0 Å². The van der Waals surface area contributed by atoms with Gasteiger partial charge in [-0.25, -0.2) is 0 Å². The van der Waals surface area contributed by atoms with E-state index in [1.165, 1.54) is 18.4 Å². The van der Waals surface area contributed by atoms with Crippen LogP contribution >= 0.6 is 0 Å². The first-order valence-corrected chi connectivity index (χ1v) is 9.44. The van der Waals surface area contributed by atoms with Gasteiger partial charge in [0, 0.05) is 51.4 Å². The molecule has 2 unspecified atom stereocenters. The van der Waals surface area contributed by atoms with E-state index in [4.69, 9.17) is 4.74 Å². The Morgan fingerprint density at radius 3 is 2.58 bits per heavy atom. The van der Waals surface area contributed by atoms with Crippen molar-refractivity contribution >= 4 is 5.91 Å². The fraction of sp³-hybridized carbons (Fsp3) is 0.650. The van der Waals surface area contributed by atoms with Crippen LogP contribution in [0.2, 0.25) is 0 Å². The SMILES string of the molecule is O=C(C1CCOCC1)N1CC2CCC(C1)N(Cc1ccccc1)C2. The van der Waals surface area contributed by atoms with E-state index in [0.717, 1.165) is 52.2 Å². The normalized spacial score (nSPS) is 28.8. The van der Waals surface area contributed by atoms with Crippen molar-refractivity contribution in [3.63, 3.8) is 0 Å². The van der Waals surface area contributed by atoms with Crippen molar-refractivity contribution in [2.45, 2.75) is 38.3 Å². The minimum Gasteiger partial charge on any atom is -0.381 e. The van der Waals surface area contributed by atoms with Crippen molar-refractivity contribution in [2.24, 2.45) is 11.8 Å². The van der Waals surface area contributed by atoms with Gasteiger partial charge in [0.25, 0.3) is 0 Å². The third-order valence-electron chi connectivity index (χ3n) is 5.94. The molecule has 0 radical (unpaired) electrons. The predicted octanol–water partition coefficient (Wildman–Crippen LogP) is 2.54. The van der Waals surface area contributed by atoms with E-state index < -0.39 is 0 Å². The number of carbonyl (C=O) groups is 1. The Morgan fingerprint density at radius 1 is 1.00 bits per heavy atom. The zero-order valence-electron chi connectivity index (χ0n) is 14.4. The predicted molar refractivity (Wildman–Crippen MR) is 93.5 cm³/mol. The molecular formula is C20H28N2O2. The molecule has 0 N–H and O–H groups in total. The molecule has 1 amide bonds. The number of carbonyl (C=O) groups excluding carboxylic acids is 1. The number of piperidine rings is 1. The van der Waals surface area contributed by atoms with Crippen molar-refractivity contribution in [1.29, 1.82) is 0 Å². The summed E-state index contributed by atoms with van der Waals surface area (Å²) in [6, 6.07) is 11.3. The second kappa shape index (κ2) is 7.24. The Bertz CT molecular complexity index is 556. The summed E-state index contributed by atoms with van der Waals surface area (Å²) in [5, 5.41) is 0. The summed E-state index contributed by atoms with van der Waals surface area (Å²) in [7, 11) is 0. The standard InChI is InChI=1S/C20H28N2O2/c23-20(18-8-10-24-11-9-18)22-14-17-6-7-19(15-22)21(13-17)12-16-4-2-1-3-5-16/h1-5,17-19H,6-15H2. The highest BCUT2D eigenvalue weighted by Crippen LogP contribution is 2.30. The monoisotopic (exact) mass is 328 g/mol. The van der Waals surface area contributed by atoms with Crippen molar-refractivity contribution < 1.29 is 9.53 Å². The highest BCUT2D eigenvalue weighted by molar-refractivity contribution is 5.79. The van der Waals surface area contributed by atoms with Crippen LogP contribution in [-0.4, -0.2) is 54.6 Å². The first-order chi connectivity index (χ1) is 11.8. The number of hydrogen-bond acceptors (Lipinski definition) is 3. The lowest BCUT2D eigenvalue weighted by atomic mass is 9.94. The largest absolute Gasteiger partial charge is 0.381 e. The zero-order valence-corrected chi connectivity index (χ0v) is 14.4. The lowest BCUT2D eigenvalue weighted by molar-refractivity contribution is -0.138. The van der Waals surface area contributed by atoms with E-state index in [0.29, 0.717) is 17.9 Å². The molecule has 4 saturated heterocycles. The van der Waals surface area contributed by atoms with E-state index in [1.807, 2.05) is 0 Å². The Labute approximate surface area is 144 Å². The van der Waals surface area contributed by atoms with Gasteiger partial charge in [-0.1, -0.05) is 30.3 Å². The number of rotatable bonds is 3. The fourth-order valence-electron chi connectivity index (χ4n) is 4.57. The molecule has 0 saturated carbocycles. The highest BCUT2D eigenvalue weighted by atomic mass is 16.5. The van der Waals surface area contributed by atoms with Gasteiger partial charge >= 0.3 is 0 Å². The smallest absolute Gasteiger partial charge is 0.225 e. The molecule has 24 heavy (non-hydrogen) atoms. The summed E-state index contributed by atoms with van der Waals surface area (Å²) in [6.45, 7) is 5.52. The molecule has 2 bridgehead atoms. The van der Waals surface area contributed by atoms with Crippen molar-refractivity contribution in [3.8, 4) is 0 Å². The molecule has 4 heterocycles. The highest BCUT2D eigenvalue weighted by Gasteiger charge is 2.38. The molecule has 4 nitrogen and oxygen atoms in total. The maximum Gasteiger partial charge on any atom is 0.225 e. The van der Waals surface area contributed by atoms with E-state index in [1.54, 1.807) is 0 Å². The molecule has 0 spiro atoms. The van der Waals surface area contributed by atoms with Crippen LogP contribution in [0.4, 0.5) is 0 Å². The maximum atomic E-state index is 12.9. The van der Waals surface area contributed by atoms with Gasteiger partial charge in [-0.2, -0.15) is 0 Å². The molecular weight excluding hydrogens is 300 g/mol. The molecule has 2 atom stereocenters. The molecule has 130 valence electrons. The topological polar surface area (TPSA) is 32.8 Å². The Morgan fingerprint density at radius 2 is 1.79 bits per heavy atom. The number of fused-ring (bicyclic) bond motifs is 4. The molecule has 0 aliphatic carbocycles. The van der Waals surface area contributed by atoms with Crippen LogP contribution in [0.15, 0.2) is 30.3 Å². The second-order valence-electron chi connectivity index (χ2n) is 7.64. The maximum absolute atomic E-state index is 12.9. The van der Waals surface area contributed by atoms with Gasteiger partial charge < -0.3 is 9.64 Å². The van der Waals surface area contributed by atoms with Gasteiger partial charge in [-0.05, 0) is 37.2 Å². The van der Waals surface area contributed by atoms with Crippen LogP contribution in [0.5, 0.6) is 0 Å². The molecule has 4 aliphatic heterocycles. The summed E-state index contributed by atoms with van der Waals surface area (Å²) < 4.78 is 5.42. The van der Waals surface area contributed by atoms with Gasteiger partial charge in [0.2, 0.25) is 5.91 Å². The van der Waals surface area contributed by atoms with Crippen LogP contribution in [0.3, 0.4) is 0 Å². The number of ether oxygens (including phenoxy) is 1. The zero-order chi connectivity index (χ0) is 16.4. The van der Waals surface area contributed by atoms with Crippen LogP contribution in [0.1, 0.15) is 31.2 Å². The second-order valence-corrected chi connectivity index (χ2v) is 7.64. The summed E-state index contributed by atoms with van der Waals surface area (Å²) in [5.74, 6) is 1.21. The molecule has 5 rings (SSSR count). The van der Waals surface area contributed by atoms with E-state index in [-0.39, 0.29) is 5.92 Å². The third kappa shape index (κ3) is 3.50. The first-order valence-electron chi connectivity index (χ1n) is 9.44. The lowest BCUT2D eigenvalue weighted by Crippen LogP contribution is -2.45. The van der Waals surface area contributed by atoms with Crippen molar-refractivity contribution in [2.75, 3.05) is 32.8 Å². The van der Waals surface area contributed by atoms with Gasteiger partial charge in [0.1, 0.15) is 0 Å². The summed E-state index contributed by atoms with van der Waals surface area (Å²) in [6.07, 6.45) is 4.30. The first kappa shape index (κ1) is 16.1. The van der Waals surface area contributed by atoms with Gasteiger partial charge in [0.05, 0.1) is 0 Å². The number of nitrogens with zero attached hydrogens (tertiary/aromatic N) is 2. The molecule has 4 fully saturated rings. The average Bonchev–Trinajstić information content (AvgIpc) is 2.94. The molecule has 4 aliphatic rings. The van der Waals surface area contributed by atoms with Gasteiger partial charge in [-0.3, -0.25) is 9.69 Å². The molecule has 4 heteroatoms. The fourth-order valence-corrected chi connectivity index (χ4v) is 4.57. The lowest BCUT2D eigenvalue weighted by Gasteiger charge is -2.36. The minimum absolute atomic E-state index is 0.193. The molecule has 1 aromatic rings. The summed E-state index contributed by atoms with van der Waals surface area (Å²) in [5.41, 5.74) is 1.38. The van der Waals surface area contributed by atoms with Gasteiger partial charge in [-0.15, -0.1) is 0 Å². The van der Waals surface area contributed by atoms with E-state index >= 15 is 0 Å². The summed E-state index contributed by atoms with van der Waals surface area (Å²) in [4.78, 5) is 17.7. The Balaban J connectivity index is 1.43. The third-order valence-corrected chi connectivity index (χ3v) is 5.94. The van der Waals surface area contributed by atoms with Crippen molar-refractivity contribution in [3.05, 3.63) is 35.9 Å². The molecule has 1 aromatic carbocycles. The van der Waals surface area contributed by atoms with Crippen LogP contribution < -0.4 is 0 Å².